The fraction of sp³-hybridized carbons (Fsp3) is 0.167. The van der Waals surface area contributed by atoms with Crippen LogP contribution in [0.25, 0.3) is 0 Å². The molecule has 0 heterocycles. The number of alkyl halides is 3. The molecule has 4 nitrogen and oxygen atoms in total. The van der Waals surface area contributed by atoms with Gasteiger partial charge in [0.05, 0.1) is 5.56 Å². The van der Waals surface area contributed by atoms with Crippen LogP contribution in [0.15, 0.2) is 109 Å². The summed E-state index contributed by atoms with van der Waals surface area (Å²) in [4.78, 5) is 14.1. The van der Waals surface area contributed by atoms with Gasteiger partial charge in [-0.05, 0) is 46.5 Å². The highest BCUT2D eigenvalue weighted by atomic mass is 19.4. The Bertz CT molecular complexity index is 1280. The number of benzene rings is 4. The molecule has 0 spiro atoms. The molecule has 0 aromatic heterocycles. The minimum absolute atomic E-state index is 0.149. The normalized spacial score (nSPS) is 12.3. The number of rotatable bonds is 10. The van der Waals surface area contributed by atoms with Crippen molar-refractivity contribution >= 4 is 5.97 Å². The first-order valence-electron chi connectivity index (χ1n) is 11.7. The van der Waals surface area contributed by atoms with E-state index in [1.54, 1.807) is 35.2 Å². The first kappa shape index (κ1) is 26.0. The van der Waals surface area contributed by atoms with Crippen LogP contribution in [0.4, 0.5) is 13.2 Å². The van der Waals surface area contributed by atoms with E-state index in [0.717, 1.165) is 23.3 Å². The Labute approximate surface area is 213 Å². The molecule has 0 aliphatic heterocycles. The van der Waals surface area contributed by atoms with E-state index in [0.29, 0.717) is 23.5 Å². The second kappa shape index (κ2) is 11.8. The lowest BCUT2D eigenvalue weighted by Crippen LogP contribution is -2.33. The van der Waals surface area contributed by atoms with Crippen LogP contribution in [0.1, 0.15) is 33.9 Å². The standard InChI is InChI=1S/C30H26F3NO3/c31-30(32,33)26-15-11-22(12-16-26)19-34(28(29(35)36)25-9-5-2-6-10-25)20-23-13-17-27(18-14-23)37-21-24-7-3-1-4-8-24/h1-18,28H,19-21H2,(H,35,36). The van der Waals surface area contributed by atoms with Gasteiger partial charge in [0.2, 0.25) is 0 Å². The Morgan fingerprint density at radius 3 is 1.76 bits per heavy atom. The quantitative estimate of drug-likeness (QED) is 0.250. The van der Waals surface area contributed by atoms with Gasteiger partial charge < -0.3 is 9.84 Å². The molecule has 0 saturated heterocycles. The number of halogens is 3. The molecule has 0 bridgehead atoms. The summed E-state index contributed by atoms with van der Waals surface area (Å²) < 4.78 is 44.9. The lowest BCUT2D eigenvalue weighted by Gasteiger charge is -2.29. The Balaban J connectivity index is 1.55. The zero-order valence-electron chi connectivity index (χ0n) is 19.9. The van der Waals surface area contributed by atoms with Gasteiger partial charge in [0.25, 0.3) is 0 Å². The third kappa shape index (κ3) is 7.21. The zero-order chi connectivity index (χ0) is 26.3. The summed E-state index contributed by atoms with van der Waals surface area (Å²) in [5.41, 5.74) is 2.32. The summed E-state index contributed by atoms with van der Waals surface area (Å²) in [5.74, 6) is -0.360. The molecule has 37 heavy (non-hydrogen) atoms. The highest BCUT2D eigenvalue weighted by Crippen LogP contribution is 2.31. The SMILES string of the molecule is O=C(O)C(c1ccccc1)N(Cc1ccc(OCc2ccccc2)cc1)Cc1ccc(C(F)(F)F)cc1. The average Bonchev–Trinajstić information content (AvgIpc) is 2.89. The van der Waals surface area contributed by atoms with Crippen LogP contribution in [0, 0.1) is 0 Å². The van der Waals surface area contributed by atoms with E-state index in [1.807, 2.05) is 54.6 Å². The van der Waals surface area contributed by atoms with Gasteiger partial charge in [-0.1, -0.05) is 84.9 Å². The fourth-order valence-corrected chi connectivity index (χ4v) is 4.08. The molecular weight excluding hydrogens is 479 g/mol. The van der Waals surface area contributed by atoms with Crippen molar-refractivity contribution in [3.63, 3.8) is 0 Å². The predicted octanol–water partition coefficient (Wildman–Crippen LogP) is 7.11. The number of carboxylic acid groups (broad SMARTS) is 1. The first-order valence-corrected chi connectivity index (χ1v) is 11.7. The number of carboxylic acids is 1. The van der Waals surface area contributed by atoms with Gasteiger partial charge in [-0.3, -0.25) is 9.69 Å². The second-order valence-electron chi connectivity index (χ2n) is 8.67. The molecule has 1 atom stereocenters. The molecule has 0 fully saturated rings. The Kier molecular flexibility index (Phi) is 8.25. The molecule has 4 rings (SSSR count). The Morgan fingerprint density at radius 1 is 0.730 bits per heavy atom. The van der Waals surface area contributed by atoms with E-state index in [9.17, 15) is 23.1 Å². The van der Waals surface area contributed by atoms with Gasteiger partial charge >= 0.3 is 12.1 Å². The number of hydrogen-bond acceptors (Lipinski definition) is 3. The summed E-state index contributed by atoms with van der Waals surface area (Å²) in [6.07, 6.45) is -4.43. The van der Waals surface area contributed by atoms with E-state index in [1.165, 1.54) is 12.1 Å². The van der Waals surface area contributed by atoms with Gasteiger partial charge in [0, 0.05) is 13.1 Å². The lowest BCUT2D eigenvalue weighted by molar-refractivity contribution is -0.144. The molecule has 7 heteroatoms. The molecule has 4 aromatic carbocycles. The van der Waals surface area contributed by atoms with E-state index in [2.05, 4.69) is 0 Å². The van der Waals surface area contributed by atoms with Crippen LogP contribution in [0.5, 0.6) is 5.75 Å². The third-order valence-corrected chi connectivity index (χ3v) is 5.94. The smallest absolute Gasteiger partial charge is 0.416 e. The van der Waals surface area contributed by atoms with Crippen molar-refractivity contribution in [2.24, 2.45) is 0 Å². The molecule has 190 valence electrons. The van der Waals surface area contributed by atoms with Crippen molar-refractivity contribution < 1.29 is 27.8 Å². The first-order chi connectivity index (χ1) is 17.8. The zero-order valence-corrected chi connectivity index (χ0v) is 19.9. The predicted molar refractivity (Wildman–Crippen MR) is 135 cm³/mol. The van der Waals surface area contributed by atoms with E-state index in [4.69, 9.17) is 4.74 Å². The van der Waals surface area contributed by atoms with Crippen molar-refractivity contribution in [3.05, 3.63) is 137 Å². The van der Waals surface area contributed by atoms with Crippen LogP contribution < -0.4 is 4.74 Å². The maximum Gasteiger partial charge on any atom is 0.416 e. The Hall–Kier alpha value is -4.10. The molecule has 1 N–H and O–H groups in total. The van der Waals surface area contributed by atoms with Crippen molar-refractivity contribution in [2.75, 3.05) is 0 Å². The van der Waals surface area contributed by atoms with Crippen LogP contribution in [-0.4, -0.2) is 16.0 Å². The minimum Gasteiger partial charge on any atom is -0.489 e. The molecule has 0 aliphatic carbocycles. The monoisotopic (exact) mass is 505 g/mol. The van der Waals surface area contributed by atoms with Crippen molar-refractivity contribution in [3.8, 4) is 5.75 Å². The highest BCUT2D eigenvalue weighted by Gasteiger charge is 2.31. The summed E-state index contributed by atoms with van der Waals surface area (Å²) in [7, 11) is 0. The summed E-state index contributed by atoms with van der Waals surface area (Å²) in [5, 5.41) is 10.1. The number of aliphatic carboxylic acids is 1. The maximum absolute atomic E-state index is 13.0. The number of ether oxygens (including phenoxy) is 1. The fourth-order valence-electron chi connectivity index (χ4n) is 4.08. The molecule has 0 amide bonds. The topological polar surface area (TPSA) is 49.8 Å². The third-order valence-electron chi connectivity index (χ3n) is 5.94. The van der Waals surface area contributed by atoms with Crippen molar-refractivity contribution in [2.45, 2.75) is 31.9 Å². The van der Waals surface area contributed by atoms with Gasteiger partial charge in [-0.25, -0.2) is 0 Å². The van der Waals surface area contributed by atoms with Gasteiger partial charge in [0.1, 0.15) is 18.4 Å². The molecule has 0 saturated carbocycles. The second-order valence-corrected chi connectivity index (χ2v) is 8.67. The van der Waals surface area contributed by atoms with E-state index >= 15 is 0 Å². The van der Waals surface area contributed by atoms with Crippen LogP contribution in [-0.2, 0) is 30.7 Å². The van der Waals surface area contributed by atoms with E-state index in [-0.39, 0.29) is 13.1 Å². The molecule has 1 unspecified atom stereocenters. The van der Waals surface area contributed by atoms with Crippen molar-refractivity contribution in [1.82, 2.24) is 4.90 Å². The van der Waals surface area contributed by atoms with Crippen LogP contribution in [0.3, 0.4) is 0 Å². The van der Waals surface area contributed by atoms with E-state index < -0.39 is 23.8 Å². The van der Waals surface area contributed by atoms with Gasteiger partial charge in [-0.15, -0.1) is 0 Å². The largest absolute Gasteiger partial charge is 0.489 e. The Morgan fingerprint density at radius 2 is 1.24 bits per heavy atom. The number of hydrogen-bond donors (Lipinski definition) is 1. The van der Waals surface area contributed by atoms with Gasteiger partial charge in [0.15, 0.2) is 0 Å². The summed E-state index contributed by atoms with van der Waals surface area (Å²) in [6, 6.07) is 29.8. The van der Waals surface area contributed by atoms with Crippen LogP contribution in [0.2, 0.25) is 0 Å². The minimum atomic E-state index is -4.43. The average molecular weight is 506 g/mol. The highest BCUT2D eigenvalue weighted by molar-refractivity contribution is 5.75. The lowest BCUT2D eigenvalue weighted by atomic mass is 10.0. The maximum atomic E-state index is 13.0. The molecule has 4 aromatic rings. The van der Waals surface area contributed by atoms with Crippen molar-refractivity contribution in [1.29, 1.82) is 0 Å². The number of nitrogens with zero attached hydrogens (tertiary/aromatic N) is 1. The molecule has 0 radical (unpaired) electrons. The van der Waals surface area contributed by atoms with Crippen LogP contribution >= 0.6 is 0 Å². The molecule has 0 aliphatic rings. The molecular formula is C30H26F3NO3. The summed E-state index contributed by atoms with van der Waals surface area (Å²) >= 11 is 0. The van der Waals surface area contributed by atoms with Gasteiger partial charge in [-0.2, -0.15) is 13.2 Å². The summed E-state index contributed by atoms with van der Waals surface area (Å²) in [6.45, 7) is 0.845. The number of carbonyl (C=O) groups is 1.